The number of hydrogen-bond donors (Lipinski definition) is 1. The van der Waals surface area contributed by atoms with Crippen molar-refractivity contribution in [2.45, 2.75) is 244 Å². The Morgan fingerprint density at radius 3 is 1.49 bits per heavy atom. The Labute approximate surface area is 563 Å². The monoisotopic (exact) mass is 1270 g/mol. The van der Waals surface area contributed by atoms with Crippen LogP contribution in [-0.2, 0) is 19.2 Å². The van der Waals surface area contributed by atoms with Gasteiger partial charge in [0.15, 0.2) is 5.78 Å². The van der Waals surface area contributed by atoms with Gasteiger partial charge < -0.3 is 9.96 Å². The molecule has 7 atom stereocenters. The maximum Gasteiger partial charge on any atom is 1.00 e. The van der Waals surface area contributed by atoms with Crippen LogP contribution >= 0.6 is 11.6 Å². The van der Waals surface area contributed by atoms with Gasteiger partial charge in [0.1, 0.15) is 0 Å². The van der Waals surface area contributed by atoms with Gasteiger partial charge in [-0.1, -0.05) is 273 Å². The van der Waals surface area contributed by atoms with E-state index in [4.69, 9.17) is 25.3 Å². The van der Waals surface area contributed by atoms with Crippen molar-refractivity contribution in [2.75, 3.05) is 0 Å². The number of β-lactam (4-membered cyclic amide) rings is 3. The van der Waals surface area contributed by atoms with E-state index in [-0.39, 0.29) is 115 Å². The van der Waals surface area contributed by atoms with Gasteiger partial charge in [-0.05, 0) is 101 Å². The Kier molecular flexibility index (Phi) is 41.0. The first-order chi connectivity index (χ1) is 39.8. The van der Waals surface area contributed by atoms with Crippen molar-refractivity contribution in [3.05, 3.63) is 147 Å². The Morgan fingerprint density at radius 2 is 1.03 bits per heavy atom. The SMILES string of the molecule is C.C.C.C.C.C[Si](C)(C)[N-][Si](C)(C)C.Cc1ccc(C(=O)C[C@H]2CCCCCC[C@H]2C(=O)N2C(=O)[C@@H]3CCCCCC[C@@H]32)cc1.Cc1ccc(C(=O)Cl)cc1.O=C1CC(c2ccccc2)N1C(=O)c1ccccc1.O=C1NC2CCCCCC[C@@H]12.[3H]B([B])C.[Li+]. The summed E-state index contributed by atoms with van der Waals surface area (Å²) in [7, 11) is 2.15. The van der Waals surface area contributed by atoms with Gasteiger partial charge in [-0.15, -0.1) is 0 Å². The molecule has 0 spiro atoms. The zero-order valence-corrected chi connectivity index (χ0v) is 55.1. The van der Waals surface area contributed by atoms with Crippen LogP contribution in [0.2, 0.25) is 46.1 Å². The number of rotatable bonds is 9. The second-order valence-corrected chi connectivity index (χ2v) is 35.2. The van der Waals surface area contributed by atoms with Gasteiger partial charge in [0.25, 0.3) is 11.1 Å². The number of benzene rings is 4. The topological polar surface area (TPSA) is 152 Å². The fourth-order valence-corrected chi connectivity index (χ4v) is 20.4. The van der Waals surface area contributed by atoms with E-state index in [2.05, 4.69) is 44.6 Å². The number of amides is 5. The standard InChI is InChI=1S/C27H37NO3.C16H13NO2.C9H15NO.C8H7ClO.C6H18NSi2.CH4B2.5CH4.Li/c1-19-14-16-20(17-15-19)25(29)18-21-10-6-2-3-7-11-22(21)26(30)28-24-13-9-5-4-8-12-23(24)27(28)31;18-15-11-14(12-7-3-1-4-8-12)17(15)16(19)13-9-5-2-6-10-13;11-9-7-5-3-1-2-4-6-8(7)10-9;1-6-2-4-7(5-3-6)8(9)10;1-8(2,3)7-9(4,5)6;1-3-2;;;;;;/h14-17,21-24H,2-13,18H2,1H3;1-10,14H,11H2;7-8H,1-6H2,(H,10,11);2-5H,1H3;1-6H3;3H,1H3;5*1H4;/q;;;;-1;;;;;;;+1/t21-,22-,23-,24+;;7-,8?;;;;;;;;;/m1.1........./s1/i;;;;;3T;;;;;;. The van der Waals surface area contributed by atoms with Crippen LogP contribution in [-0.4, -0.2) is 95.1 Å². The van der Waals surface area contributed by atoms with Gasteiger partial charge in [0, 0.05) is 42.8 Å². The first kappa shape index (κ1) is 84.4. The minimum absolute atomic E-state index is 0. The van der Waals surface area contributed by atoms with Gasteiger partial charge >= 0.3 is 18.9 Å². The molecule has 486 valence electrons. The predicted molar refractivity (Wildman–Crippen MR) is 380 cm³/mol. The van der Waals surface area contributed by atoms with E-state index in [9.17, 15) is 33.6 Å². The van der Waals surface area contributed by atoms with Crippen LogP contribution in [0.15, 0.2) is 109 Å². The molecule has 4 aromatic carbocycles. The van der Waals surface area contributed by atoms with Crippen molar-refractivity contribution in [2.24, 2.45) is 23.7 Å². The number of halogens is 1. The zero-order chi connectivity index (χ0) is 61.6. The largest absolute Gasteiger partial charge is 1.00 e. The third kappa shape index (κ3) is 28.0. The Bertz CT molecular complexity index is 2740. The van der Waals surface area contributed by atoms with Crippen LogP contribution in [0.4, 0.5) is 0 Å². The second-order valence-electron chi connectivity index (χ2n) is 25.3. The summed E-state index contributed by atoms with van der Waals surface area (Å²) in [6.45, 7) is 19.4. The molecule has 0 aromatic heterocycles. The summed E-state index contributed by atoms with van der Waals surface area (Å²) in [5.41, 5.74) is 5.11. The van der Waals surface area contributed by atoms with Crippen LogP contribution in [0.3, 0.4) is 0 Å². The van der Waals surface area contributed by atoms with Gasteiger partial charge in [-0.2, -0.15) is 0 Å². The molecule has 3 saturated heterocycles. The van der Waals surface area contributed by atoms with Gasteiger partial charge in [0.2, 0.25) is 23.6 Å². The molecule has 2 unspecified atom stereocenters. The number of ketones is 1. The number of nitrogens with zero attached hydrogens (tertiary/aromatic N) is 3. The fourth-order valence-electron chi connectivity index (χ4n) is 12.2. The van der Waals surface area contributed by atoms with Crippen LogP contribution in [0.5, 0.6) is 0 Å². The van der Waals surface area contributed by atoms with Crippen molar-refractivity contribution >= 4 is 83.5 Å². The number of carbonyl (C=O) groups excluding carboxylic acids is 7. The van der Waals surface area contributed by atoms with E-state index < -0.39 is 28.8 Å². The first-order valence-electron chi connectivity index (χ1n) is 31.3. The Hall–Kier alpha value is -4.62. The van der Waals surface area contributed by atoms with E-state index >= 15 is 0 Å². The summed E-state index contributed by atoms with van der Waals surface area (Å²) in [5.74, 6) is 0.484. The first-order valence-corrected chi connectivity index (χ1v) is 38.0. The molecule has 89 heavy (non-hydrogen) atoms. The van der Waals surface area contributed by atoms with Crippen molar-refractivity contribution in [1.82, 2.24) is 15.1 Å². The number of likely N-dealkylation sites (tertiary alicyclic amines) is 2. The molecule has 3 aliphatic heterocycles. The molecule has 2 radical (unpaired) electrons. The molecule has 6 aliphatic rings. The smallest absolute Gasteiger partial charge is 0.668 e. The summed E-state index contributed by atoms with van der Waals surface area (Å²) in [5, 5.41) is 2.57. The summed E-state index contributed by atoms with van der Waals surface area (Å²) < 4.78 is 11.2. The molecule has 3 aliphatic carbocycles. The van der Waals surface area contributed by atoms with E-state index in [1.807, 2.05) is 86.6 Å². The molecule has 3 heterocycles. The van der Waals surface area contributed by atoms with Crippen molar-refractivity contribution in [1.29, 1.82) is 1.34 Å². The number of nitrogens with one attached hydrogen (secondary N) is 1. The van der Waals surface area contributed by atoms with Crippen molar-refractivity contribution in [3.63, 3.8) is 0 Å². The average molecular weight is 1270 g/mol. The molecular formula is C72H114B2ClLiN4O7Si2. The van der Waals surface area contributed by atoms with Crippen LogP contribution in [0.25, 0.3) is 4.65 Å². The van der Waals surface area contributed by atoms with Crippen LogP contribution < -0.4 is 24.2 Å². The molecule has 5 amide bonds. The maximum absolute atomic E-state index is 13.7. The van der Waals surface area contributed by atoms with Crippen LogP contribution in [0.1, 0.15) is 219 Å². The minimum atomic E-state index is -1.11. The van der Waals surface area contributed by atoms with Crippen molar-refractivity contribution in [3.8, 4) is 0 Å². The number of imide groups is 2. The second kappa shape index (κ2) is 43.3. The third-order valence-electron chi connectivity index (χ3n) is 16.2. The van der Waals surface area contributed by atoms with E-state index in [0.717, 1.165) is 86.5 Å². The molecular weight excluding hydrogens is 1150 g/mol. The number of carbonyl (C=O) groups is 7. The van der Waals surface area contributed by atoms with E-state index in [1.165, 1.54) is 56.3 Å². The predicted octanol–water partition coefficient (Wildman–Crippen LogP) is 15.3. The quantitative estimate of drug-likeness (QED) is 0.0576. The Balaban J connectivity index is 0. The number of hydrogen-bond acceptors (Lipinski definition) is 7. The zero-order valence-electron chi connectivity index (χ0n) is 53.3. The van der Waals surface area contributed by atoms with Gasteiger partial charge in [0.05, 0.1) is 37.5 Å². The molecule has 4 aromatic rings. The summed E-state index contributed by atoms with van der Waals surface area (Å²) in [6.07, 6.45) is 21.1. The van der Waals surface area contributed by atoms with Gasteiger partial charge in [-0.25, -0.2) is 0 Å². The molecule has 0 bridgehead atoms. The minimum Gasteiger partial charge on any atom is -0.668 e. The summed E-state index contributed by atoms with van der Waals surface area (Å²) in [4.78, 5) is 88.2. The van der Waals surface area contributed by atoms with E-state index in [1.54, 1.807) is 48.1 Å². The number of Topliss-reactive ketones (excluding diaryl/α,β-unsaturated/α-hetero) is 1. The Morgan fingerprint density at radius 1 is 0.596 bits per heavy atom. The number of fused-ring (bicyclic) bond motifs is 2. The summed E-state index contributed by atoms with van der Waals surface area (Å²) in [6, 6.07) is 34.0. The normalized spacial score (nSPS) is 21.6. The van der Waals surface area contributed by atoms with Crippen molar-refractivity contribution < 1.29 is 52.4 Å². The molecule has 11 nitrogen and oxygen atoms in total. The van der Waals surface area contributed by atoms with Gasteiger partial charge in [-0.3, -0.25) is 43.4 Å². The number of aryl methyl sites for hydroxylation is 2. The fraction of sp³-hybridized carbons (Fsp3) is 0.569. The molecule has 6 fully saturated rings. The molecule has 1 N–H and O–H groups in total. The van der Waals surface area contributed by atoms with Crippen LogP contribution in [0, 0.1) is 37.5 Å². The summed E-state index contributed by atoms with van der Waals surface area (Å²) >= 11 is 5.22. The molecule has 3 saturated carbocycles. The van der Waals surface area contributed by atoms with E-state index in [0.29, 0.717) is 41.8 Å². The molecule has 10 rings (SSSR count). The maximum atomic E-state index is 13.7. The third-order valence-corrected chi connectivity index (χ3v) is 21.7. The molecule has 17 heteroatoms. The average Bonchev–Trinajstić information content (AvgIpc) is 0.791.